The molecule has 6 heteroatoms. The first-order valence-corrected chi connectivity index (χ1v) is 8.58. The maximum absolute atomic E-state index is 9.43. The second-order valence-electron chi connectivity index (χ2n) is 6.46. The van der Waals surface area contributed by atoms with Crippen molar-refractivity contribution in [3.05, 3.63) is 48.0 Å². The number of hydrogen-bond donors (Lipinski definition) is 1. The molecule has 1 fully saturated rings. The molecular formula is C18H26N4O2. The highest BCUT2D eigenvalue weighted by Gasteiger charge is 2.30. The highest BCUT2D eigenvalue weighted by atomic mass is 16.5. The van der Waals surface area contributed by atoms with Gasteiger partial charge in [0.25, 0.3) is 0 Å². The highest BCUT2D eigenvalue weighted by Crippen LogP contribution is 2.34. The number of rotatable bonds is 7. The Hall–Kier alpha value is -1.76. The van der Waals surface area contributed by atoms with E-state index >= 15 is 0 Å². The fourth-order valence-electron chi connectivity index (χ4n) is 3.44. The lowest BCUT2D eigenvalue weighted by Gasteiger charge is -2.35. The number of aromatic nitrogens is 3. The molecule has 2 atom stereocenters. The lowest BCUT2D eigenvalue weighted by atomic mass is 9.90. The monoisotopic (exact) mass is 330 g/mol. The van der Waals surface area contributed by atoms with Gasteiger partial charge in [-0.1, -0.05) is 6.07 Å². The Morgan fingerprint density at radius 2 is 2.33 bits per heavy atom. The minimum Gasteiger partial charge on any atom is -0.395 e. The van der Waals surface area contributed by atoms with Gasteiger partial charge >= 0.3 is 0 Å². The quantitative estimate of drug-likeness (QED) is 0.838. The molecule has 24 heavy (non-hydrogen) atoms. The van der Waals surface area contributed by atoms with Gasteiger partial charge in [-0.15, -0.1) is 0 Å². The van der Waals surface area contributed by atoms with Crippen LogP contribution in [-0.2, 0) is 18.3 Å². The van der Waals surface area contributed by atoms with E-state index in [0.29, 0.717) is 12.5 Å². The number of aliphatic hydroxyl groups is 1. The first-order chi connectivity index (χ1) is 11.8. The predicted molar refractivity (Wildman–Crippen MR) is 91.2 cm³/mol. The van der Waals surface area contributed by atoms with Crippen molar-refractivity contribution in [2.75, 3.05) is 26.3 Å². The maximum atomic E-state index is 9.43. The van der Waals surface area contributed by atoms with Crippen LogP contribution in [-0.4, -0.2) is 51.1 Å². The fraction of sp³-hybridized carbons (Fsp3) is 0.556. The van der Waals surface area contributed by atoms with Crippen molar-refractivity contribution in [3.8, 4) is 0 Å². The summed E-state index contributed by atoms with van der Waals surface area (Å²) in [6.07, 6.45) is 9.92. The number of ether oxygens (including phenoxy) is 1. The third-order valence-electron chi connectivity index (χ3n) is 4.54. The van der Waals surface area contributed by atoms with Gasteiger partial charge in [-0.25, -0.2) is 0 Å². The second-order valence-corrected chi connectivity index (χ2v) is 6.46. The zero-order chi connectivity index (χ0) is 16.8. The molecule has 1 aliphatic heterocycles. The van der Waals surface area contributed by atoms with Crippen LogP contribution in [0, 0.1) is 5.92 Å². The lowest BCUT2D eigenvalue weighted by Crippen LogP contribution is -2.36. The van der Waals surface area contributed by atoms with Crippen LogP contribution >= 0.6 is 0 Å². The summed E-state index contributed by atoms with van der Waals surface area (Å²) < 4.78 is 7.89. The van der Waals surface area contributed by atoms with Gasteiger partial charge < -0.3 is 9.84 Å². The van der Waals surface area contributed by atoms with E-state index in [1.807, 2.05) is 36.4 Å². The molecule has 2 aromatic rings. The van der Waals surface area contributed by atoms with Crippen LogP contribution in [0.25, 0.3) is 0 Å². The van der Waals surface area contributed by atoms with Crippen molar-refractivity contribution in [2.45, 2.75) is 25.5 Å². The highest BCUT2D eigenvalue weighted by molar-refractivity contribution is 5.11. The molecule has 3 heterocycles. The van der Waals surface area contributed by atoms with E-state index in [4.69, 9.17) is 4.74 Å². The zero-order valence-electron chi connectivity index (χ0n) is 14.2. The minimum atomic E-state index is 0.0857. The second kappa shape index (κ2) is 8.37. The summed E-state index contributed by atoms with van der Waals surface area (Å²) in [4.78, 5) is 6.48. The van der Waals surface area contributed by atoms with Crippen molar-refractivity contribution in [2.24, 2.45) is 13.0 Å². The summed E-state index contributed by atoms with van der Waals surface area (Å²) in [6, 6.07) is 4.03. The Labute approximate surface area is 143 Å². The largest absolute Gasteiger partial charge is 0.395 e. The zero-order valence-corrected chi connectivity index (χ0v) is 14.2. The van der Waals surface area contributed by atoms with E-state index in [0.717, 1.165) is 38.1 Å². The Kier molecular flexibility index (Phi) is 5.96. The average Bonchev–Trinajstić information content (AvgIpc) is 3.03. The molecule has 1 saturated heterocycles. The molecule has 0 saturated carbocycles. The van der Waals surface area contributed by atoms with E-state index in [-0.39, 0.29) is 12.7 Å². The first kappa shape index (κ1) is 17.1. The van der Waals surface area contributed by atoms with Crippen molar-refractivity contribution in [1.29, 1.82) is 0 Å². The van der Waals surface area contributed by atoms with Gasteiger partial charge in [0.05, 0.1) is 18.9 Å². The van der Waals surface area contributed by atoms with Crippen LogP contribution in [0.3, 0.4) is 0 Å². The van der Waals surface area contributed by atoms with Crippen LogP contribution in [0.4, 0.5) is 0 Å². The molecule has 0 bridgehead atoms. The molecule has 0 unspecified atom stereocenters. The summed E-state index contributed by atoms with van der Waals surface area (Å²) in [7, 11) is 1.93. The number of aliphatic hydroxyl groups excluding tert-OH is 1. The fourth-order valence-corrected chi connectivity index (χ4v) is 3.44. The van der Waals surface area contributed by atoms with Gasteiger partial charge in [-0.05, 0) is 24.5 Å². The summed E-state index contributed by atoms with van der Waals surface area (Å²) in [5.41, 5.74) is 2.31. The van der Waals surface area contributed by atoms with Crippen LogP contribution in [0.15, 0.2) is 36.9 Å². The maximum Gasteiger partial charge on any atom is 0.0895 e. The number of pyridine rings is 1. The number of aryl methyl sites for hydroxylation is 1. The third-order valence-corrected chi connectivity index (χ3v) is 4.54. The van der Waals surface area contributed by atoms with Crippen LogP contribution in [0.2, 0.25) is 0 Å². The standard InChI is InChI=1S/C18H26N4O2/c1-21-13-17(11-20-21)18-16(5-3-9-24-18)14-22(7-8-23)12-15-4-2-6-19-10-15/h2,4,6,10-11,13,16,18,23H,3,5,7-9,12,14H2,1H3/t16-,18+/m0/s1. The first-order valence-electron chi connectivity index (χ1n) is 8.58. The van der Waals surface area contributed by atoms with Crippen LogP contribution < -0.4 is 0 Å². The van der Waals surface area contributed by atoms with E-state index < -0.39 is 0 Å². The third kappa shape index (κ3) is 4.41. The molecule has 0 spiro atoms. The van der Waals surface area contributed by atoms with Gasteiger partial charge in [-0.2, -0.15) is 5.10 Å². The Morgan fingerprint density at radius 1 is 1.42 bits per heavy atom. The smallest absolute Gasteiger partial charge is 0.0895 e. The van der Waals surface area contributed by atoms with E-state index in [2.05, 4.69) is 21.0 Å². The van der Waals surface area contributed by atoms with Crippen LogP contribution in [0.5, 0.6) is 0 Å². The molecule has 1 N–H and O–H groups in total. The molecular weight excluding hydrogens is 304 g/mol. The average molecular weight is 330 g/mol. The van der Waals surface area contributed by atoms with Gasteiger partial charge in [0.2, 0.25) is 0 Å². The van der Waals surface area contributed by atoms with Gasteiger partial charge in [0.1, 0.15) is 0 Å². The molecule has 0 amide bonds. The molecule has 0 radical (unpaired) electrons. The van der Waals surface area contributed by atoms with Crippen LogP contribution in [0.1, 0.15) is 30.1 Å². The van der Waals surface area contributed by atoms with E-state index in [9.17, 15) is 5.11 Å². The van der Waals surface area contributed by atoms with Crippen molar-refractivity contribution in [3.63, 3.8) is 0 Å². The topological polar surface area (TPSA) is 63.4 Å². The predicted octanol–water partition coefficient (Wildman–Crippen LogP) is 1.78. The van der Waals surface area contributed by atoms with Crippen molar-refractivity contribution < 1.29 is 9.84 Å². The number of hydrogen-bond acceptors (Lipinski definition) is 5. The van der Waals surface area contributed by atoms with Gasteiger partial charge in [0, 0.05) is 63.4 Å². The minimum absolute atomic E-state index is 0.0857. The summed E-state index contributed by atoms with van der Waals surface area (Å²) in [6.45, 7) is 3.31. The van der Waals surface area contributed by atoms with Crippen molar-refractivity contribution in [1.82, 2.24) is 19.7 Å². The summed E-state index contributed by atoms with van der Waals surface area (Å²) in [5.74, 6) is 0.408. The Bertz CT molecular complexity index is 616. The molecule has 6 nitrogen and oxygen atoms in total. The van der Waals surface area contributed by atoms with Crippen molar-refractivity contribution >= 4 is 0 Å². The Morgan fingerprint density at radius 3 is 3.04 bits per heavy atom. The SMILES string of the molecule is Cn1cc([C@@H]2OCCC[C@H]2CN(CCO)Cc2cccnc2)cn1. The lowest BCUT2D eigenvalue weighted by molar-refractivity contribution is -0.0409. The molecule has 2 aromatic heterocycles. The normalized spacial score (nSPS) is 21.3. The number of nitrogens with zero attached hydrogens (tertiary/aromatic N) is 4. The molecule has 130 valence electrons. The van der Waals surface area contributed by atoms with E-state index in [1.54, 1.807) is 6.20 Å². The molecule has 1 aliphatic rings. The Balaban J connectivity index is 1.69. The summed E-state index contributed by atoms with van der Waals surface area (Å²) in [5, 5.41) is 13.7. The van der Waals surface area contributed by atoms with Gasteiger partial charge in [0.15, 0.2) is 0 Å². The van der Waals surface area contributed by atoms with Gasteiger partial charge in [-0.3, -0.25) is 14.6 Å². The summed E-state index contributed by atoms with van der Waals surface area (Å²) >= 11 is 0. The molecule has 3 rings (SSSR count). The molecule has 0 aliphatic carbocycles. The van der Waals surface area contributed by atoms with E-state index in [1.165, 1.54) is 5.56 Å². The molecule has 0 aromatic carbocycles.